The number of aryl methyl sites for hydroxylation is 1. The Hall–Kier alpha value is -4.54. The van der Waals surface area contributed by atoms with Crippen molar-refractivity contribution in [2.45, 2.75) is 18.4 Å². The van der Waals surface area contributed by atoms with E-state index in [0.29, 0.717) is 34.4 Å². The second-order valence-electron chi connectivity index (χ2n) is 9.14. The van der Waals surface area contributed by atoms with Gasteiger partial charge >= 0.3 is 0 Å². The smallest absolute Gasteiger partial charge is 0.264 e. The molecule has 4 rings (SSSR count). The Morgan fingerprint density at radius 3 is 2.21 bits per heavy atom. The average molecular weight is 608 g/mol. The zero-order valence-corrected chi connectivity index (χ0v) is 24.9. The lowest BCUT2D eigenvalue weighted by Crippen LogP contribution is -2.39. The Kier molecular flexibility index (Phi) is 10.1. The highest BCUT2D eigenvalue weighted by atomic mass is 35.5. The second kappa shape index (κ2) is 13.9. The molecule has 0 aromatic heterocycles. The summed E-state index contributed by atoms with van der Waals surface area (Å²) in [6.07, 6.45) is 1.45. The molecule has 0 radical (unpaired) electrons. The van der Waals surface area contributed by atoms with Gasteiger partial charge in [0.15, 0.2) is 11.5 Å². The van der Waals surface area contributed by atoms with Crippen LogP contribution in [0.25, 0.3) is 0 Å². The van der Waals surface area contributed by atoms with Crippen LogP contribution in [0, 0.1) is 6.92 Å². The number of carbonyl (C=O) groups is 1. The number of carbonyl (C=O) groups excluding carboxylic acids is 1. The van der Waals surface area contributed by atoms with Crippen LogP contribution in [0.3, 0.4) is 0 Å². The molecule has 0 spiro atoms. The molecule has 0 aliphatic rings. The molecule has 0 aliphatic carbocycles. The predicted molar refractivity (Wildman–Crippen MR) is 163 cm³/mol. The van der Waals surface area contributed by atoms with Gasteiger partial charge in [-0.05, 0) is 78.7 Å². The number of amides is 1. The van der Waals surface area contributed by atoms with E-state index < -0.39 is 22.5 Å². The first-order valence-corrected chi connectivity index (χ1v) is 14.6. The highest BCUT2D eigenvalue weighted by Crippen LogP contribution is 2.33. The molecule has 0 unspecified atom stereocenters. The van der Waals surface area contributed by atoms with Gasteiger partial charge in [-0.3, -0.25) is 9.10 Å². The largest absolute Gasteiger partial charge is 0.493 e. The molecule has 0 saturated carbocycles. The van der Waals surface area contributed by atoms with Gasteiger partial charge in [-0.1, -0.05) is 41.4 Å². The number of nitrogens with zero attached hydrogens (tertiary/aromatic N) is 2. The molecule has 0 aliphatic heterocycles. The van der Waals surface area contributed by atoms with Gasteiger partial charge in [-0.15, -0.1) is 0 Å². The van der Waals surface area contributed by atoms with Crippen molar-refractivity contribution < 1.29 is 27.4 Å². The summed E-state index contributed by atoms with van der Waals surface area (Å²) < 4.78 is 44.7. The molecule has 218 valence electrons. The summed E-state index contributed by atoms with van der Waals surface area (Å²) in [6, 6.07) is 25.5. The fraction of sp³-hybridized carbons (Fsp3) is 0.161. The molecular weight excluding hydrogens is 578 g/mol. The molecular formula is C31H30ClN3O6S. The third-order valence-corrected chi connectivity index (χ3v) is 8.19. The van der Waals surface area contributed by atoms with Crippen LogP contribution in [-0.4, -0.2) is 41.3 Å². The highest BCUT2D eigenvalue weighted by molar-refractivity contribution is 7.92. The number of nitrogens with one attached hydrogen (secondary N) is 1. The second-order valence-corrected chi connectivity index (χ2v) is 11.4. The van der Waals surface area contributed by atoms with Crippen molar-refractivity contribution in [2.75, 3.05) is 25.1 Å². The molecule has 0 heterocycles. The predicted octanol–water partition coefficient (Wildman–Crippen LogP) is 5.59. The Labute approximate surface area is 250 Å². The van der Waals surface area contributed by atoms with E-state index in [1.54, 1.807) is 60.7 Å². The molecule has 11 heteroatoms. The van der Waals surface area contributed by atoms with E-state index in [9.17, 15) is 13.2 Å². The Bertz CT molecular complexity index is 1640. The molecule has 0 saturated heterocycles. The number of methoxy groups -OCH3 is 2. The van der Waals surface area contributed by atoms with Crippen molar-refractivity contribution in [3.05, 3.63) is 113 Å². The van der Waals surface area contributed by atoms with Gasteiger partial charge in [-0.2, -0.15) is 5.10 Å². The van der Waals surface area contributed by atoms with Crippen LogP contribution in [0.15, 0.2) is 101 Å². The lowest BCUT2D eigenvalue weighted by molar-refractivity contribution is -0.119. The maximum Gasteiger partial charge on any atom is 0.264 e. The van der Waals surface area contributed by atoms with E-state index in [4.69, 9.17) is 25.8 Å². The van der Waals surface area contributed by atoms with Gasteiger partial charge in [0.05, 0.1) is 31.0 Å². The minimum atomic E-state index is -4.12. The summed E-state index contributed by atoms with van der Waals surface area (Å²) in [5, 5.41) is 4.67. The first-order valence-electron chi connectivity index (χ1n) is 12.8. The summed E-state index contributed by atoms with van der Waals surface area (Å²) in [7, 11) is -1.19. The van der Waals surface area contributed by atoms with Crippen molar-refractivity contribution in [1.82, 2.24) is 5.43 Å². The third kappa shape index (κ3) is 7.80. The standard InChI is InChI=1S/C31H30ClN3O6S/c1-22-4-15-28(16-5-22)42(37,38)35(26-12-17-29(39-2)30(18-26)40-3)20-31(36)34-33-19-23-8-13-27(14-9-23)41-21-24-6-10-25(32)11-7-24/h4-19H,20-21H2,1-3H3,(H,34,36)/b33-19+. The number of halogens is 1. The Morgan fingerprint density at radius 2 is 1.57 bits per heavy atom. The van der Waals surface area contributed by atoms with Crippen molar-refractivity contribution in [3.8, 4) is 17.2 Å². The van der Waals surface area contributed by atoms with E-state index in [2.05, 4.69) is 10.5 Å². The maximum atomic E-state index is 13.6. The average Bonchev–Trinajstić information content (AvgIpc) is 3.00. The van der Waals surface area contributed by atoms with Crippen LogP contribution < -0.4 is 23.9 Å². The molecule has 4 aromatic carbocycles. The summed E-state index contributed by atoms with van der Waals surface area (Å²) in [5.74, 6) is 0.764. The van der Waals surface area contributed by atoms with Gasteiger partial charge in [0, 0.05) is 11.1 Å². The Morgan fingerprint density at radius 1 is 0.905 bits per heavy atom. The van der Waals surface area contributed by atoms with E-state index >= 15 is 0 Å². The third-order valence-electron chi connectivity index (χ3n) is 6.15. The number of ether oxygens (including phenoxy) is 3. The van der Waals surface area contributed by atoms with Gasteiger partial charge in [0.2, 0.25) is 0 Å². The lowest BCUT2D eigenvalue weighted by Gasteiger charge is -2.24. The quantitative estimate of drug-likeness (QED) is 0.166. The number of hydrazone groups is 1. The SMILES string of the molecule is COc1ccc(N(CC(=O)N/N=C/c2ccc(OCc3ccc(Cl)cc3)cc2)S(=O)(=O)c2ccc(C)cc2)cc1OC. The van der Waals surface area contributed by atoms with E-state index in [0.717, 1.165) is 15.4 Å². The number of hydrogen-bond donors (Lipinski definition) is 1. The normalized spacial score (nSPS) is 11.2. The number of hydrogen-bond acceptors (Lipinski definition) is 7. The number of anilines is 1. The maximum absolute atomic E-state index is 13.6. The zero-order valence-electron chi connectivity index (χ0n) is 23.3. The van der Waals surface area contributed by atoms with E-state index in [1.807, 2.05) is 19.1 Å². The topological polar surface area (TPSA) is 107 Å². The molecule has 0 fully saturated rings. The fourth-order valence-electron chi connectivity index (χ4n) is 3.87. The van der Waals surface area contributed by atoms with Crippen molar-refractivity contribution in [3.63, 3.8) is 0 Å². The first-order chi connectivity index (χ1) is 20.2. The van der Waals surface area contributed by atoms with Crippen LogP contribution in [-0.2, 0) is 21.4 Å². The molecule has 1 amide bonds. The van der Waals surface area contributed by atoms with Crippen LogP contribution >= 0.6 is 11.6 Å². The van der Waals surface area contributed by atoms with E-state index in [-0.39, 0.29) is 10.6 Å². The first kappa shape index (κ1) is 30.4. The molecule has 9 nitrogen and oxygen atoms in total. The molecule has 0 bridgehead atoms. The summed E-state index contributed by atoms with van der Waals surface area (Å²) in [5.41, 5.74) is 5.23. The number of sulfonamides is 1. The number of benzene rings is 4. The van der Waals surface area contributed by atoms with Crippen LogP contribution in [0.2, 0.25) is 5.02 Å². The fourth-order valence-corrected chi connectivity index (χ4v) is 5.41. The van der Waals surface area contributed by atoms with Crippen LogP contribution in [0.1, 0.15) is 16.7 Å². The van der Waals surface area contributed by atoms with Crippen molar-refractivity contribution in [2.24, 2.45) is 5.10 Å². The molecule has 4 aromatic rings. The minimum absolute atomic E-state index is 0.0394. The summed E-state index contributed by atoms with van der Waals surface area (Å²) >= 11 is 5.91. The minimum Gasteiger partial charge on any atom is -0.493 e. The van der Waals surface area contributed by atoms with E-state index in [1.165, 1.54) is 38.6 Å². The van der Waals surface area contributed by atoms with Gasteiger partial charge in [-0.25, -0.2) is 13.8 Å². The van der Waals surface area contributed by atoms with Gasteiger partial charge < -0.3 is 14.2 Å². The van der Waals surface area contributed by atoms with Crippen LogP contribution in [0.5, 0.6) is 17.2 Å². The summed E-state index contributed by atoms with van der Waals surface area (Å²) in [4.78, 5) is 12.9. The molecule has 0 atom stereocenters. The van der Waals surface area contributed by atoms with Crippen molar-refractivity contribution in [1.29, 1.82) is 0 Å². The lowest BCUT2D eigenvalue weighted by atomic mass is 10.2. The zero-order chi connectivity index (χ0) is 30.1. The highest BCUT2D eigenvalue weighted by Gasteiger charge is 2.28. The molecule has 42 heavy (non-hydrogen) atoms. The summed E-state index contributed by atoms with van der Waals surface area (Å²) in [6.45, 7) is 1.72. The monoisotopic (exact) mass is 607 g/mol. The van der Waals surface area contributed by atoms with Gasteiger partial charge in [0.1, 0.15) is 18.9 Å². The van der Waals surface area contributed by atoms with Gasteiger partial charge in [0.25, 0.3) is 15.9 Å². The van der Waals surface area contributed by atoms with Crippen molar-refractivity contribution >= 4 is 39.4 Å². The molecule has 1 N–H and O–H groups in total. The number of rotatable bonds is 12. The van der Waals surface area contributed by atoms with Crippen LogP contribution in [0.4, 0.5) is 5.69 Å². The Balaban J connectivity index is 1.45.